The first kappa shape index (κ1) is 70.5. The Morgan fingerprint density at radius 1 is 0.682 bits per heavy atom. The summed E-state index contributed by atoms with van der Waals surface area (Å²) in [5.41, 5.74) is 9.25. The molecular weight excluding hydrogens is 1170 g/mol. The van der Waals surface area contributed by atoms with Crippen molar-refractivity contribution < 1.29 is 102 Å². The van der Waals surface area contributed by atoms with Gasteiger partial charge in [-0.25, -0.2) is 18.8 Å². The Balaban J connectivity index is 0.736. The Morgan fingerprint density at radius 2 is 1.15 bits per heavy atom. The Bertz CT molecular complexity index is 2650. The number of nitrogens with one attached hydrogen (secondary N) is 1. The van der Waals surface area contributed by atoms with E-state index in [0.29, 0.717) is 136 Å². The van der Waals surface area contributed by atoms with Crippen molar-refractivity contribution in [1.29, 1.82) is 0 Å². The highest BCUT2D eigenvalue weighted by atomic mass is 32.2. The van der Waals surface area contributed by atoms with Gasteiger partial charge in [-0.2, -0.15) is 17.2 Å². The van der Waals surface area contributed by atoms with E-state index in [9.17, 15) is 40.4 Å². The smallest absolute Gasteiger partial charge is 0.313 e. The molecule has 1 saturated heterocycles. The number of carbonyl (C=O) groups is 3. The highest BCUT2D eigenvalue weighted by Crippen LogP contribution is 2.36. The van der Waals surface area contributed by atoms with Crippen LogP contribution in [0.2, 0.25) is 0 Å². The summed E-state index contributed by atoms with van der Waals surface area (Å²) in [7, 11) is -5.65. The van der Waals surface area contributed by atoms with Gasteiger partial charge in [0.25, 0.3) is 11.8 Å². The molecule has 0 bridgehead atoms. The van der Waals surface area contributed by atoms with E-state index in [2.05, 4.69) is 30.9 Å². The van der Waals surface area contributed by atoms with E-state index < -0.39 is 56.4 Å². The van der Waals surface area contributed by atoms with Crippen LogP contribution in [0.25, 0.3) is 6.08 Å². The maximum Gasteiger partial charge on any atom is 0.313 e. The molecule has 3 heterocycles. The number of hydroxylamine groups is 2. The molecule has 2 aromatic carbocycles. The average molecular weight is 1250 g/mol. The molecule has 2 aliphatic heterocycles. The lowest BCUT2D eigenvalue weighted by Crippen LogP contribution is -2.45. The molecule has 0 saturated carbocycles. The predicted octanol–water partition coefficient (Wildman–Crippen LogP) is 4.73. The number of aliphatic imine (C=N–C) groups is 1. The number of piperazine rings is 1. The fraction of sp³-hybridized carbons (Fsp3) is 0.600. The summed E-state index contributed by atoms with van der Waals surface area (Å²) < 4.78 is 145. The normalized spacial score (nSPS) is 13.8. The van der Waals surface area contributed by atoms with Crippen LogP contribution in [0.3, 0.4) is 0 Å². The van der Waals surface area contributed by atoms with Gasteiger partial charge in [-0.05, 0) is 49.8 Å². The highest BCUT2D eigenvalue weighted by molar-refractivity contribution is 7.85. The van der Waals surface area contributed by atoms with Crippen LogP contribution in [-0.2, 0) is 78.5 Å². The Morgan fingerprint density at radius 3 is 1.61 bits per heavy atom. The van der Waals surface area contributed by atoms with Crippen molar-refractivity contribution in [2.45, 2.75) is 44.6 Å². The monoisotopic (exact) mass is 1250 g/mol. The van der Waals surface area contributed by atoms with E-state index in [1.54, 1.807) is 11.3 Å². The molecule has 30 heteroatoms. The number of hydrogen-bond donors (Lipinski definition) is 3. The fourth-order valence-corrected chi connectivity index (χ4v) is 9.79. The van der Waals surface area contributed by atoms with Gasteiger partial charge in [0.05, 0.1) is 156 Å². The summed E-state index contributed by atoms with van der Waals surface area (Å²) in [6.45, 7) is 15.4. The molecule has 476 valence electrons. The number of hydrogen-bond acceptors (Lipinski definition) is 22. The van der Waals surface area contributed by atoms with E-state index in [0.717, 1.165) is 60.3 Å². The Kier molecular flexibility index (Phi) is 32.7. The number of amidine groups is 1. The summed E-state index contributed by atoms with van der Waals surface area (Å²) in [5, 5.41) is 4.32. The van der Waals surface area contributed by atoms with E-state index in [1.807, 2.05) is 44.2 Å². The molecular formula is C55H78F4N6O18S2. The van der Waals surface area contributed by atoms with Gasteiger partial charge in [0, 0.05) is 73.9 Å². The zero-order valence-corrected chi connectivity index (χ0v) is 49.6. The van der Waals surface area contributed by atoms with Crippen LogP contribution in [0.1, 0.15) is 53.2 Å². The van der Waals surface area contributed by atoms with Gasteiger partial charge >= 0.3 is 16.1 Å². The van der Waals surface area contributed by atoms with Crippen molar-refractivity contribution >= 4 is 62.5 Å². The van der Waals surface area contributed by atoms with Gasteiger partial charge in [0.1, 0.15) is 5.84 Å². The van der Waals surface area contributed by atoms with Crippen molar-refractivity contribution in [3.8, 4) is 5.75 Å². The third-order valence-corrected chi connectivity index (χ3v) is 14.1. The maximum atomic E-state index is 14.0. The van der Waals surface area contributed by atoms with E-state index in [1.165, 1.54) is 5.06 Å². The number of halogens is 4. The van der Waals surface area contributed by atoms with Crippen LogP contribution < -0.4 is 20.7 Å². The number of rotatable bonds is 44. The third-order valence-electron chi connectivity index (χ3n) is 12.2. The average Bonchev–Trinajstić information content (AvgIpc) is 2.20. The molecule has 5 rings (SSSR count). The first-order valence-corrected chi connectivity index (χ1v) is 30.1. The van der Waals surface area contributed by atoms with Crippen LogP contribution >= 0.6 is 11.3 Å². The first-order valence-electron chi connectivity index (χ1n) is 27.9. The van der Waals surface area contributed by atoms with Crippen LogP contribution in [-0.4, -0.2) is 225 Å². The predicted molar refractivity (Wildman–Crippen MR) is 303 cm³/mol. The molecule has 0 radical (unpaired) electrons. The van der Waals surface area contributed by atoms with Crippen LogP contribution in [0.4, 0.5) is 28.9 Å². The molecule has 2 amide bonds. The molecule has 85 heavy (non-hydrogen) atoms. The second-order valence-corrected chi connectivity index (χ2v) is 21.1. The number of ether oxygens (including phenoxy) is 11. The van der Waals surface area contributed by atoms with Gasteiger partial charge in [-0.15, -0.1) is 11.3 Å². The quantitative estimate of drug-likeness (QED) is 0.0131. The molecule has 0 unspecified atom stereocenters. The summed E-state index contributed by atoms with van der Waals surface area (Å²) in [6.07, 6.45) is 2.39. The summed E-state index contributed by atoms with van der Waals surface area (Å²) in [5.74, 6) is -12.6. The van der Waals surface area contributed by atoms with Gasteiger partial charge in [0.15, 0.2) is 16.5 Å². The van der Waals surface area contributed by atoms with Crippen LogP contribution in [0, 0.1) is 23.3 Å². The lowest BCUT2D eigenvalue weighted by molar-refractivity contribution is -0.180. The van der Waals surface area contributed by atoms with Gasteiger partial charge in [-0.3, -0.25) is 28.7 Å². The first-order chi connectivity index (χ1) is 41.1. The summed E-state index contributed by atoms with van der Waals surface area (Å²) in [4.78, 5) is 52.7. The molecule has 0 spiro atoms. The standard InChI is InChI=1S/C55H78F4N6O18S2/c1-3-11-65(82-4-2)55(68)41-36-45-44(62-46(60)37-41)38-43(84-45)39-63-12-14-64(15-13-63)42-7-5-40(6-8-42)54(67)61-10-17-73-19-21-75-23-25-77-27-29-79-31-33-81-35-34-80-32-30-78-28-26-76-24-22-74-20-18-72-16-9-47(66)83-52-48(56)50(58)53(85(69,70)71)51(59)49(52)57/h5-8,36,38H,3-4,9-35,37,39H2,1-2H3,(H2,60,62)(H,61,67)(H,69,70,71). The summed E-state index contributed by atoms with van der Waals surface area (Å²) >= 11 is 1.63. The number of amides is 2. The lowest BCUT2D eigenvalue weighted by Gasteiger charge is -2.36. The third kappa shape index (κ3) is 25.5. The van der Waals surface area contributed by atoms with Gasteiger partial charge in [0.2, 0.25) is 17.4 Å². The fourth-order valence-electron chi connectivity index (χ4n) is 8.05. The number of benzene rings is 2. The van der Waals surface area contributed by atoms with Crippen molar-refractivity contribution in [2.24, 2.45) is 10.7 Å². The van der Waals surface area contributed by atoms with Crippen molar-refractivity contribution in [3.63, 3.8) is 0 Å². The molecule has 4 N–H and O–H groups in total. The molecule has 0 atom stereocenters. The van der Waals surface area contributed by atoms with E-state index in [-0.39, 0.29) is 51.3 Å². The minimum absolute atomic E-state index is 0.0185. The molecule has 24 nitrogen and oxygen atoms in total. The molecule has 3 aromatic rings. The number of anilines is 1. The number of carbonyl (C=O) groups excluding carboxylic acids is 3. The van der Waals surface area contributed by atoms with Gasteiger partial charge < -0.3 is 68.1 Å². The molecule has 2 aliphatic rings. The number of nitrogens with zero attached hydrogens (tertiary/aromatic N) is 4. The molecule has 0 aliphatic carbocycles. The maximum absolute atomic E-state index is 14.0. The number of fused-ring (bicyclic) bond motifs is 1. The second kappa shape index (κ2) is 39.5. The van der Waals surface area contributed by atoms with E-state index in [4.69, 9.17) is 62.5 Å². The molecule has 1 aromatic heterocycles. The lowest BCUT2D eigenvalue weighted by atomic mass is 10.1. The van der Waals surface area contributed by atoms with Crippen molar-refractivity contribution in [2.75, 3.05) is 183 Å². The topological polar surface area (TPSA) is 276 Å². The van der Waals surface area contributed by atoms with Gasteiger partial charge in [-0.1, -0.05) is 6.92 Å². The highest BCUT2D eigenvalue weighted by Gasteiger charge is 2.34. The zero-order chi connectivity index (χ0) is 61.2. The molecule has 1 fully saturated rings. The number of esters is 1. The Labute approximate surface area is 496 Å². The minimum Gasteiger partial charge on any atom is -0.420 e. The van der Waals surface area contributed by atoms with Crippen LogP contribution in [0.5, 0.6) is 5.75 Å². The SMILES string of the molecule is CCCN(OCC)C(=O)C1=Cc2sc(CN3CCN(c4ccc(C(=O)NCCOCCOCCOCCOCCOCCOCCOCCOCCOCCOCCC(=O)Oc5c(F)c(F)c(S(=O)(=O)O)c(F)c5F)cc4)CC3)cc2N=C(N)C1. The van der Waals surface area contributed by atoms with Crippen molar-refractivity contribution in [3.05, 3.63) is 74.5 Å². The van der Waals surface area contributed by atoms with Crippen LogP contribution in [0.15, 0.2) is 45.8 Å². The number of thiophene rings is 1. The summed E-state index contributed by atoms with van der Waals surface area (Å²) in [6, 6.07) is 9.72. The van der Waals surface area contributed by atoms with E-state index >= 15 is 0 Å². The largest absolute Gasteiger partial charge is 0.420 e. The minimum atomic E-state index is -5.65. The second-order valence-electron chi connectivity index (χ2n) is 18.5. The zero-order valence-electron chi connectivity index (χ0n) is 48.0. The van der Waals surface area contributed by atoms with Crippen molar-refractivity contribution in [1.82, 2.24) is 15.3 Å². The number of nitrogens with two attached hydrogens (primary N) is 1. The Hall–Kier alpha value is -5.29.